The zero-order valence-corrected chi connectivity index (χ0v) is 12.1. The first-order chi connectivity index (χ1) is 9.63. The van der Waals surface area contributed by atoms with E-state index in [2.05, 4.69) is 5.32 Å². The maximum absolute atomic E-state index is 9.38. The summed E-state index contributed by atoms with van der Waals surface area (Å²) in [6.07, 6.45) is 0. The molecule has 0 aromatic heterocycles. The topological polar surface area (TPSA) is 50.7 Å². The van der Waals surface area contributed by atoms with Gasteiger partial charge in [0.15, 0.2) is 0 Å². The Balaban J connectivity index is 2.12. The molecule has 0 aliphatic carbocycles. The van der Waals surface area contributed by atoms with Crippen molar-refractivity contribution in [3.63, 3.8) is 0 Å². The van der Waals surface area contributed by atoms with Crippen molar-refractivity contribution in [2.75, 3.05) is 19.5 Å². The fourth-order valence-corrected chi connectivity index (χ4v) is 1.99. The summed E-state index contributed by atoms with van der Waals surface area (Å²) in [4.78, 5) is 0. The molecule has 0 fully saturated rings. The quantitative estimate of drug-likeness (QED) is 0.826. The van der Waals surface area contributed by atoms with Gasteiger partial charge in [-0.15, -0.1) is 0 Å². The standard InChI is InChI=1S/C15H16ClNO3/c1-19-12-5-3-10(15(8-12)20-2)9-17-11-4-6-14(18)13(16)7-11/h3-8,17-18H,9H2,1-2H3. The predicted molar refractivity (Wildman–Crippen MR) is 80.0 cm³/mol. The fourth-order valence-electron chi connectivity index (χ4n) is 1.81. The maximum Gasteiger partial charge on any atom is 0.134 e. The van der Waals surface area contributed by atoms with Crippen molar-refractivity contribution in [1.82, 2.24) is 0 Å². The summed E-state index contributed by atoms with van der Waals surface area (Å²) in [7, 11) is 3.24. The molecule has 0 bridgehead atoms. The monoisotopic (exact) mass is 293 g/mol. The number of anilines is 1. The van der Waals surface area contributed by atoms with E-state index in [1.54, 1.807) is 32.4 Å². The molecular weight excluding hydrogens is 278 g/mol. The van der Waals surface area contributed by atoms with Crippen LogP contribution < -0.4 is 14.8 Å². The van der Waals surface area contributed by atoms with Crippen molar-refractivity contribution in [2.45, 2.75) is 6.54 Å². The predicted octanol–water partition coefficient (Wildman–Crippen LogP) is 3.67. The molecule has 0 heterocycles. The number of ether oxygens (including phenoxy) is 2. The van der Waals surface area contributed by atoms with Crippen molar-refractivity contribution >= 4 is 17.3 Å². The Labute approximate surface area is 122 Å². The highest BCUT2D eigenvalue weighted by Gasteiger charge is 2.06. The molecule has 2 N–H and O–H groups in total. The lowest BCUT2D eigenvalue weighted by atomic mass is 10.2. The smallest absolute Gasteiger partial charge is 0.134 e. The van der Waals surface area contributed by atoms with E-state index in [0.717, 1.165) is 22.7 Å². The minimum absolute atomic E-state index is 0.0687. The summed E-state index contributed by atoms with van der Waals surface area (Å²) < 4.78 is 10.5. The molecule has 5 heteroatoms. The van der Waals surface area contributed by atoms with Gasteiger partial charge in [0.05, 0.1) is 19.2 Å². The van der Waals surface area contributed by atoms with Gasteiger partial charge in [0.25, 0.3) is 0 Å². The molecule has 2 rings (SSSR count). The van der Waals surface area contributed by atoms with Crippen LogP contribution >= 0.6 is 11.6 Å². The Bertz CT molecular complexity index is 602. The average molecular weight is 294 g/mol. The number of aromatic hydroxyl groups is 1. The molecule has 0 radical (unpaired) electrons. The summed E-state index contributed by atoms with van der Waals surface area (Å²) in [5.74, 6) is 1.57. The van der Waals surface area contributed by atoms with Crippen LogP contribution in [0.1, 0.15) is 5.56 Å². The molecule has 0 aliphatic heterocycles. The van der Waals surface area contributed by atoms with Gasteiger partial charge in [-0.2, -0.15) is 0 Å². The summed E-state index contributed by atoms with van der Waals surface area (Å²) >= 11 is 5.86. The van der Waals surface area contributed by atoms with Crippen LogP contribution in [0.2, 0.25) is 5.02 Å². The van der Waals surface area contributed by atoms with E-state index in [-0.39, 0.29) is 5.75 Å². The lowest BCUT2D eigenvalue weighted by Gasteiger charge is -2.12. The van der Waals surface area contributed by atoms with Gasteiger partial charge >= 0.3 is 0 Å². The Morgan fingerprint density at radius 3 is 2.55 bits per heavy atom. The Morgan fingerprint density at radius 1 is 1.10 bits per heavy atom. The van der Waals surface area contributed by atoms with E-state index in [0.29, 0.717) is 11.6 Å². The minimum Gasteiger partial charge on any atom is -0.506 e. The van der Waals surface area contributed by atoms with Gasteiger partial charge in [0.2, 0.25) is 0 Å². The lowest BCUT2D eigenvalue weighted by molar-refractivity contribution is 0.391. The van der Waals surface area contributed by atoms with Crippen LogP contribution in [0.3, 0.4) is 0 Å². The summed E-state index contributed by atoms with van der Waals surface area (Å²) in [5.41, 5.74) is 1.82. The van der Waals surface area contributed by atoms with Crippen molar-refractivity contribution in [3.8, 4) is 17.2 Å². The highest BCUT2D eigenvalue weighted by atomic mass is 35.5. The fraction of sp³-hybridized carbons (Fsp3) is 0.200. The van der Waals surface area contributed by atoms with E-state index < -0.39 is 0 Å². The van der Waals surface area contributed by atoms with Gasteiger partial charge in [-0.1, -0.05) is 11.6 Å². The normalized spacial score (nSPS) is 10.2. The van der Waals surface area contributed by atoms with E-state index in [1.807, 2.05) is 18.2 Å². The van der Waals surface area contributed by atoms with Gasteiger partial charge in [-0.25, -0.2) is 0 Å². The van der Waals surface area contributed by atoms with Crippen LogP contribution in [0.15, 0.2) is 36.4 Å². The third kappa shape index (κ3) is 3.27. The maximum atomic E-state index is 9.38. The van der Waals surface area contributed by atoms with Gasteiger partial charge in [-0.3, -0.25) is 0 Å². The Kier molecular flexibility index (Phi) is 4.58. The van der Waals surface area contributed by atoms with Gasteiger partial charge in [0, 0.05) is 23.9 Å². The van der Waals surface area contributed by atoms with Crippen molar-refractivity contribution in [1.29, 1.82) is 0 Å². The molecule has 2 aromatic carbocycles. The molecular formula is C15H16ClNO3. The van der Waals surface area contributed by atoms with Gasteiger partial charge in [0.1, 0.15) is 17.2 Å². The first-order valence-electron chi connectivity index (χ1n) is 6.07. The minimum atomic E-state index is 0.0687. The highest BCUT2D eigenvalue weighted by molar-refractivity contribution is 6.32. The van der Waals surface area contributed by atoms with Crippen molar-refractivity contribution in [3.05, 3.63) is 47.0 Å². The zero-order valence-electron chi connectivity index (χ0n) is 11.3. The van der Waals surface area contributed by atoms with E-state index >= 15 is 0 Å². The molecule has 2 aromatic rings. The second-order valence-electron chi connectivity index (χ2n) is 4.20. The number of nitrogens with one attached hydrogen (secondary N) is 1. The van der Waals surface area contributed by atoms with Crippen LogP contribution in [-0.2, 0) is 6.54 Å². The van der Waals surface area contributed by atoms with Crippen LogP contribution in [0.25, 0.3) is 0 Å². The van der Waals surface area contributed by atoms with Crippen LogP contribution in [0.5, 0.6) is 17.2 Å². The molecule has 0 unspecified atom stereocenters. The summed E-state index contributed by atoms with van der Waals surface area (Å²) in [6, 6.07) is 10.6. The average Bonchev–Trinajstić information content (AvgIpc) is 2.48. The summed E-state index contributed by atoms with van der Waals surface area (Å²) in [6.45, 7) is 0.578. The second kappa shape index (κ2) is 6.39. The van der Waals surface area contributed by atoms with E-state index in [1.165, 1.54) is 0 Å². The van der Waals surface area contributed by atoms with Crippen molar-refractivity contribution < 1.29 is 14.6 Å². The number of benzene rings is 2. The first-order valence-corrected chi connectivity index (χ1v) is 6.45. The summed E-state index contributed by atoms with van der Waals surface area (Å²) in [5, 5.41) is 12.9. The molecule has 0 amide bonds. The lowest BCUT2D eigenvalue weighted by Crippen LogP contribution is -2.02. The SMILES string of the molecule is COc1ccc(CNc2ccc(O)c(Cl)c2)c(OC)c1. The number of methoxy groups -OCH3 is 2. The first kappa shape index (κ1) is 14.3. The van der Waals surface area contributed by atoms with Crippen LogP contribution in [0.4, 0.5) is 5.69 Å². The number of phenols is 1. The molecule has 0 spiro atoms. The number of rotatable bonds is 5. The molecule has 4 nitrogen and oxygen atoms in total. The number of phenolic OH excluding ortho intramolecular Hbond substituents is 1. The number of halogens is 1. The molecule has 0 atom stereocenters. The van der Waals surface area contributed by atoms with Crippen molar-refractivity contribution in [2.24, 2.45) is 0 Å². The molecule has 0 aliphatic rings. The Hall–Kier alpha value is -2.07. The largest absolute Gasteiger partial charge is 0.506 e. The number of hydrogen-bond acceptors (Lipinski definition) is 4. The molecule has 0 saturated heterocycles. The third-order valence-corrected chi connectivity index (χ3v) is 3.23. The highest BCUT2D eigenvalue weighted by Crippen LogP contribution is 2.28. The number of hydrogen-bond donors (Lipinski definition) is 2. The second-order valence-corrected chi connectivity index (χ2v) is 4.60. The van der Waals surface area contributed by atoms with E-state index in [9.17, 15) is 5.11 Å². The van der Waals surface area contributed by atoms with E-state index in [4.69, 9.17) is 21.1 Å². The molecule has 0 saturated carbocycles. The zero-order chi connectivity index (χ0) is 14.5. The van der Waals surface area contributed by atoms with Gasteiger partial charge in [-0.05, 0) is 30.3 Å². The molecule has 106 valence electrons. The molecule has 20 heavy (non-hydrogen) atoms. The van der Waals surface area contributed by atoms with Crippen LogP contribution in [-0.4, -0.2) is 19.3 Å². The Morgan fingerprint density at radius 2 is 1.90 bits per heavy atom. The third-order valence-electron chi connectivity index (χ3n) is 2.92. The van der Waals surface area contributed by atoms with Gasteiger partial charge < -0.3 is 19.9 Å². The van der Waals surface area contributed by atoms with Crippen LogP contribution in [0, 0.1) is 0 Å².